The maximum absolute atomic E-state index is 12.1. The fraction of sp³-hybridized carbons (Fsp3) is 0.462. The number of rotatable bonds is 4. The van der Waals surface area contributed by atoms with Crippen LogP contribution in [0.25, 0.3) is 0 Å². The van der Waals surface area contributed by atoms with Crippen LogP contribution in [0.3, 0.4) is 0 Å². The van der Waals surface area contributed by atoms with E-state index in [9.17, 15) is 13.2 Å². The van der Waals surface area contributed by atoms with Crippen LogP contribution in [-0.4, -0.2) is 44.5 Å². The van der Waals surface area contributed by atoms with Crippen LogP contribution < -0.4 is 0 Å². The molecule has 1 aliphatic heterocycles. The Morgan fingerprint density at radius 1 is 1.30 bits per heavy atom. The van der Waals surface area contributed by atoms with Crippen LogP contribution in [0.15, 0.2) is 30.3 Å². The van der Waals surface area contributed by atoms with Gasteiger partial charge in [-0.05, 0) is 5.56 Å². The van der Waals surface area contributed by atoms with Crippen molar-refractivity contribution in [3.05, 3.63) is 35.9 Å². The van der Waals surface area contributed by atoms with Gasteiger partial charge in [0, 0.05) is 7.11 Å². The molecule has 1 aliphatic rings. The molecule has 1 fully saturated rings. The van der Waals surface area contributed by atoms with Crippen LogP contribution in [-0.2, 0) is 24.1 Å². The third-order valence-corrected chi connectivity index (χ3v) is 5.38. The van der Waals surface area contributed by atoms with E-state index in [1.807, 2.05) is 6.07 Å². The second kappa shape index (κ2) is 6.11. The SMILES string of the molecule is CO[C@@H](C(=O)O[C@H]1CS(=O)(=O)C[C@@H]1Cl)c1ccccc1. The molecule has 1 saturated heterocycles. The van der Waals surface area contributed by atoms with Crippen molar-refractivity contribution in [3.8, 4) is 0 Å². The molecule has 0 radical (unpaired) electrons. The minimum atomic E-state index is -3.24. The van der Waals surface area contributed by atoms with E-state index >= 15 is 0 Å². The molecule has 0 bridgehead atoms. The summed E-state index contributed by atoms with van der Waals surface area (Å²) in [4.78, 5) is 12.1. The van der Waals surface area contributed by atoms with Gasteiger partial charge in [0.25, 0.3) is 0 Å². The van der Waals surface area contributed by atoms with Crippen molar-refractivity contribution in [1.29, 1.82) is 0 Å². The Hall–Kier alpha value is -1.11. The van der Waals surface area contributed by atoms with Crippen molar-refractivity contribution in [3.63, 3.8) is 0 Å². The van der Waals surface area contributed by atoms with Crippen LogP contribution in [0.4, 0.5) is 0 Å². The second-order valence-corrected chi connectivity index (χ2v) is 7.31. The standard InChI is InChI=1S/C13H15ClO5S/c1-18-12(9-5-3-2-4-6-9)13(15)19-11-8-20(16,17)7-10(11)14/h2-6,10-12H,7-8H2,1H3/t10-,11-,12+/m0/s1. The van der Waals surface area contributed by atoms with Gasteiger partial charge < -0.3 is 9.47 Å². The zero-order valence-corrected chi connectivity index (χ0v) is 12.4. The van der Waals surface area contributed by atoms with Crippen molar-refractivity contribution in [2.75, 3.05) is 18.6 Å². The van der Waals surface area contributed by atoms with E-state index in [1.165, 1.54) is 7.11 Å². The zero-order chi connectivity index (χ0) is 14.8. The number of sulfone groups is 1. The molecular weight excluding hydrogens is 304 g/mol. The van der Waals surface area contributed by atoms with Gasteiger partial charge in [0.2, 0.25) is 0 Å². The summed E-state index contributed by atoms with van der Waals surface area (Å²) in [6.45, 7) is 0. The number of ether oxygens (including phenoxy) is 2. The summed E-state index contributed by atoms with van der Waals surface area (Å²) < 4.78 is 33.2. The highest BCUT2D eigenvalue weighted by atomic mass is 35.5. The molecule has 0 aliphatic carbocycles. The van der Waals surface area contributed by atoms with E-state index in [0.717, 1.165) is 0 Å². The summed E-state index contributed by atoms with van der Waals surface area (Å²) in [5, 5.41) is -0.711. The molecule has 0 unspecified atom stereocenters. The minimum absolute atomic E-state index is 0.171. The molecule has 110 valence electrons. The van der Waals surface area contributed by atoms with E-state index in [1.54, 1.807) is 24.3 Å². The van der Waals surface area contributed by atoms with Gasteiger partial charge in [0.15, 0.2) is 15.9 Å². The van der Waals surface area contributed by atoms with E-state index in [4.69, 9.17) is 21.1 Å². The lowest BCUT2D eigenvalue weighted by atomic mass is 10.1. The second-order valence-electron chi connectivity index (χ2n) is 4.59. The van der Waals surface area contributed by atoms with Crippen molar-refractivity contribution >= 4 is 27.4 Å². The van der Waals surface area contributed by atoms with E-state index in [0.29, 0.717) is 5.56 Å². The first-order valence-corrected chi connectivity index (χ1v) is 8.31. The van der Waals surface area contributed by atoms with Crippen LogP contribution in [0.1, 0.15) is 11.7 Å². The fourth-order valence-electron chi connectivity index (χ4n) is 2.09. The fourth-order valence-corrected chi connectivity index (χ4v) is 4.55. The lowest BCUT2D eigenvalue weighted by Gasteiger charge is -2.19. The largest absolute Gasteiger partial charge is 0.457 e. The molecule has 20 heavy (non-hydrogen) atoms. The molecule has 0 aromatic heterocycles. The predicted molar refractivity (Wildman–Crippen MR) is 74.4 cm³/mol. The van der Waals surface area contributed by atoms with Gasteiger partial charge in [-0.1, -0.05) is 30.3 Å². The summed E-state index contributed by atoms with van der Waals surface area (Å²) in [6.07, 6.45) is -1.71. The Morgan fingerprint density at radius 3 is 2.45 bits per heavy atom. The number of alkyl halides is 1. The monoisotopic (exact) mass is 318 g/mol. The number of methoxy groups -OCH3 is 1. The van der Waals surface area contributed by atoms with Gasteiger partial charge in [-0.2, -0.15) is 0 Å². The van der Waals surface area contributed by atoms with Gasteiger partial charge in [-0.15, -0.1) is 11.6 Å². The molecule has 0 spiro atoms. The van der Waals surface area contributed by atoms with Crippen molar-refractivity contribution < 1.29 is 22.7 Å². The van der Waals surface area contributed by atoms with Crippen molar-refractivity contribution in [2.45, 2.75) is 17.6 Å². The molecule has 1 aromatic carbocycles. The third-order valence-electron chi connectivity index (χ3n) is 3.05. The maximum Gasteiger partial charge on any atom is 0.340 e. The third kappa shape index (κ3) is 3.50. The van der Waals surface area contributed by atoms with Gasteiger partial charge in [-0.3, -0.25) is 0 Å². The van der Waals surface area contributed by atoms with Crippen LogP contribution >= 0.6 is 11.6 Å². The van der Waals surface area contributed by atoms with E-state index < -0.39 is 33.4 Å². The summed E-state index contributed by atoms with van der Waals surface area (Å²) >= 11 is 5.90. The van der Waals surface area contributed by atoms with Gasteiger partial charge >= 0.3 is 5.97 Å². The number of halogens is 1. The highest BCUT2D eigenvalue weighted by molar-refractivity contribution is 7.91. The highest BCUT2D eigenvalue weighted by Gasteiger charge is 2.40. The Labute approximate surface area is 122 Å². The molecule has 2 rings (SSSR count). The number of hydrogen-bond donors (Lipinski definition) is 0. The topological polar surface area (TPSA) is 69.7 Å². The summed E-state index contributed by atoms with van der Waals surface area (Å²) in [7, 11) is -1.85. The van der Waals surface area contributed by atoms with Gasteiger partial charge in [0.1, 0.15) is 6.10 Å². The lowest BCUT2D eigenvalue weighted by molar-refractivity contribution is -0.160. The van der Waals surface area contributed by atoms with Gasteiger partial charge in [-0.25, -0.2) is 13.2 Å². The number of hydrogen-bond acceptors (Lipinski definition) is 5. The number of carbonyl (C=O) groups excluding carboxylic acids is 1. The quantitative estimate of drug-likeness (QED) is 0.618. The summed E-state index contributed by atoms with van der Waals surface area (Å²) in [5.74, 6) is -1.04. The molecule has 5 nitrogen and oxygen atoms in total. The molecule has 1 aromatic rings. The maximum atomic E-state index is 12.1. The smallest absolute Gasteiger partial charge is 0.340 e. The molecule has 3 atom stereocenters. The zero-order valence-electron chi connectivity index (χ0n) is 10.9. The Morgan fingerprint density at radius 2 is 1.95 bits per heavy atom. The molecule has 0 N–H and O–H groups in total. The average molecular weight is 319 g/mol. The normalized spacial score (nSPS) is 26.1. The number of benzene rings is 1. The highest BCUT2D eigenvalue weighted by Crippen LogP contribution is 2.24. The van der Waals surface area contributed by atoms with Crippen molar-refractivity contribution in [2.24, 2.45) is 0 Å². The Kier molecular flexibility index (Phi) is 4.67. The molecule has 0 amide bonds. The summed E-state index contributed by atoms with van der Waals surface area (Å²) in [5.41, 5.74) is 0.645. The molecular formula is C13H15ClO5S. The Balaban J connectivity index is 2.08. The number of esters is 1. The first-order chi connectivity index (χ1) is 9.43. The van der Waals surface area contributed by atoms with Crippen LogP contribution in [0, 0.1) is 0 Å². The predicted octanol–water partition coefficient (Wildman–Crippen LogP) is 1.32. The van der Waals surface area contributed by atoms with E-state index in [-0.39, 0.29) is 11.5 Å². The van der Waals surface area contributed by atoms with E-state index in [2.05, 4.69) is 0 Å². The average Bonchev–Trinajstić information content (AvgIpc) is 2.64. The van der Waals surface area contributed by atoms with Gasteiger partial charge in [0.05, 0.1) is 16.9 Å². The minimum Gasteiger partial charge on any atom is -0.457 e. The molecule has 7 heteroatoms. The Bertz CT molecular complexity index is 572. The summed E-state index contributed by atoms with van der Waals surface area (Å²) in [6, 6.07) is 8.84. The number of carbonyl (C=O) groups is 1. The van der Waals surface area contributed by atoms with Crippen molar-refractivity contribution in [1.82, 2.24) is 0 Å². The first kappa shape index (κ1) is 15.3. The lowest BCUT2D eigenvalue weighted by Crippen LogP contribution is -2.29. The first-order valence-electron chi connectivity index (χ1n) is 6.05. The molecule has 0 saturated carbocycles. The van der Waals surface area contributed by atoms with Crippen LogP contribution in [0.2, 0.25) is 0 Å². The van der Waals surface area contributed by atoms with Crippen LogP contribution in [0.5, 0.6) is 0 Å². The molecule has 1 heterocycles.